The van der Waals surface area contributed by atoms with Crippen molar-refractivity contribution in [3.63, 3.8) is 0 Å². The molecule has 0 N–H and O–H groups in total. The van der Waals surface area contributed by atoms with E-state index in [0.717, 1.165) is 37.0 Å². The molecular formula is C20H32FN. The van der Waals surface area contributed by atoms with Gasteiger partial charge in [-0.2, -0.15) is 5.26 Å². The summed E-state index contributed by atoms with van der Waals surface area (Å²) in [5, 5.41) is 8.95. The quantitative estimate of drug-likeness (QED) is 0.405. The van der Waals surface area contributed by atoms with Crippen LogP contribution in [-0.4, -0.2) is 6.67 Å². The number of hydrogen-bond acceptors (Lipinski definition) is 1. The van der Waals surface area contributed by atoms with E-state index in [9.17, 15) is 4.39 Å². The topological polar surface area (TPSA) is 23.8 Å². The monoisotopic (exact) mass is 305 g/mol. The highest BCUT2D eigenvalue weighted by atomic mass is 19.1. The van der Waals surface area contributed by atoms with Crippen LogP contribution in [0.3, 0.4) is 0 Å². The van der Waals surface area contributed by atoms with Crippen molar-refractivity contribution in [3.05, 3.63) is 12.2 Å². The van der Waals surface area contributed by atoms with Gasteiger partial charge in [-0.15, -0.1) is 0 Å². The maximum absolute atomic E-state index is 12.0. The van der Waals surface area contributed by atoms with E-state index >= 15 is 0 Å². The smallest absolute Gasteiger partial charge is 0.0897 e. The molecule has 0 amide bonds. The van der Waals surface area contributed by atoms with E-state index in [2.05, 4.69) is 18.2 Å². The van der Waals surface area contributed by atoms with Gasteiger partial charge in [0, 0.05) is 5.92 Å². The summed E-state index contributed by atoms with van der Waals surface area (Å²) in [6, 6.07) is 2.43. The molecule has 0 unspecified atom stereocenters. The van der Waals surface area contributed by atoms with Crippen LogP contribution in [0.15, 0.2) is 12.2 Å². The van der Waals surface area contributed by atoms with Gasteiger partial charge in [0.2, 0.25) is 0 Å². The summed E-state index contributed by atoms with van der Waals surface area (Å²) in [7, 11) is 0. The van der Waals surface area contributed by atoms with Crippen molar-refractivity contribution in [2.45, 2.75) is 77.0 Å². The number of rotatable bonds is 7. The van der Waals surface area contributed by atoms with Crippen LogP contribution in [0.4, 0.5) is 4.39 Å². The molecule has 2 aliphatic carbocycles. The van der Waals surface area contributed by atoms with Crippen molar-refractivity contribution in [2.24, 2.45) is 23.7 Å². The molecule has 2 rings (SSSR count). The Kier molecular flexibility index (Phi) is 7.99. The molecule has 0 aromatic carbocycles. The molecule has 0 spiro atoms. The van der Waals surface area contributed by atoms with Crippen molar-refractivity contribution in [1.82, 2.24) is 0 Å². The molecule has 0 atom stereocenters. The molecule has 0 bridgehead atoms. The van der Waals surface area contributed by atoms with Gasteiger partial charge in [0.15, 0.2) is 0 Å². The number of hydrogen-bond donors (Lipinski definition) is 0. The van der Waals surface area contributed by atoms with Gasteiger partial charge in [-0.1, -0.05) is 25.0 Å². The Morgan fingerprint density at radius 3 is 2.05 bits per heavy atom. The Labute approximate surface area is 136 Å². The Morgan fingerprint density at radius 1 is 0.909 bits per heavy atom. The summed E-state index contributed by atoms with van der Waals surface area (Å²) in [5.74, 6) is 2.92. The second-order valence-electron chi connectivity index (χ2n) is 7.46. The summed E-state index contributed by atoms with van der Waals surface area (Å²) < 4.78 is 12.0. The van der Waals surface area contributed by atoms with Crippen LogP contribution < -0.4 is 0 Å². The maximum atomic E-state index is 12.0. The third kappa shape index (κ3) is 6.11. The molecule has 1 nitrogen and oxygen atoms in total. The predicted molar refractivity (Wildman–Crippen MR) is 90.1 cm³/mol. The second kappa shape index (κ2) is 10.0. The minimum absolute atomic E-state index is 0.187. The van der Waals surface area contributed by atoms with Crippen molar-refractivity contribution < 1.29 is 4.39 Å². The van der Waals surface area contributed by atoms with Crippen molar-refractivity contribution in [1.29, 1.82) is 5.26 Å². The minimum atomic E-state index is -0.187. The molecular weight excluding hydrogens is 273 g/mol. The Balaban J connectivity index is 1.56. The molecule has 0 aromatic heterocycles. The second-order valence-corrected chi connectivity index (χ2v) is 7.46. The third-order valence-electron chi connectivity index (χ3n) is 5.82. The van der Waals surface area contributed by atoms with Gasteiger partial charge in [0.1, 0.15) is 0 Å². The Morgan fingerprint density at radius 2 is 1.50 bits per heavy atom. The number of halogens is 1. The molecule has 0 aromatic rings. The summed E-state index contributed by atoms with van der Waals surface area (Å²) >= 11 is 0. The first-order chi connectivity index (χ1) is 10.8. The molecule has 0 radical (unpaired) electrons. The highest BCUT2D eigenvalue weighted by Crippen LogP contribution is 2.36. The third-order valence-corrected chi connectivity index (χ3v) is 5.82. The number of allylic oxidation sites excluding steroid dienone is 2. The lowest BCUT2D eigenvalue weighted by Gasteiger charge is -2.30. The average Bonchev–Trinajstić information content (AvgIpc) is 2.58. The zero-order valence-corrected chi connectivity index (χ0v) is 14.0. The normalized spacial score (nSPS) is 32.9. The number of nitrogens with zero attached hydrogens (tertiary/aromatic N) is 1. The number of nitriles is 1. The van der Waals surface area contributed by atoms with Gasteiger partial charge in [0.05, 0.1) is 12.7 Å². The Hall–Kier alpha value is -0.840. The van der Waals surface area contributed by atoms with Gasteiger partial charge in [0.25, 0.3) is 0 Å². The van der Waals surface area contributed by atoms with E-state index in [1.807, 2.05) is 0 Å². The molecule has 0 aliphatic heterocycles. The SMILES string of the molecule is N#CC1CCC(CC[C@H]2CC[C@H](/C=C/CCCF)CC2)CC1. The number of alkyl halides is 1. The van der Waals surface area contributed by atoms with Crippen LogP contribution in [0.2, 0.25) is 0 Å². The highest BCUT2D eigenvalue weighted by molar-refractivity contribution is 4.91. The molecule has 2 fully saturated rings. The molecule has 2 aliphatic rings. The van der Waals surface area contributed by atoms with Crippen LogP contribution >= 0.6 is 0 Å². The van der Waals surface area contributed by atoms with E-state index in [1.165, 1.54) is 51.4 Å². The fourth-order valence-corrected chi connectivity index (χ4v) is 4.20. The molecule has 0 heterocycles. The van der Waals surface area contributed by atoms with Gasteiger partial charge in [-0.25, -0.2) is 0 Å². The lowest BCUT2D eigenvalue weighted by Crippen LogP contribution is -2.17. The van der Waals surface area contributed by atoms with Crippen molar-refractivity contribution >= 4 is 0 Å². The summed E-state index contributed by atoms with van der Waals surface area (Å²) in [6.07, 6.45) is 19.2. The standard InChI is InChI=1S/C20H32FN/c21-15-3-1-2-4-17-5-7-18(8-6-17)9-10-19-11-13-20(16-22)14-12-19/h2,4,17-20H,1,3,5-15H2/b4-2+/t17-,18-,19?,20?. The summed E-state index contributed by atoms with van der Waals surface area (Å²) in [5.41, 5.74) is 0. The Bertz CT molecular complexity index is 354. The van der Waals surface area contributed by atoms with Crippen LogP contribution in [-0.2, 0) is 0 Å². The minimum Gasteiger partial charge on any atom is -0.251 e. The fraction of sp³-hybridized carbons (Fsp3) is 0.850. The van der Waals surface area contributed by atoms with E-state index in [1.54, 1.807) is 0 Å². The van der Waals surface area contributed by atoms with Gasteiger partial charge in [-0.05, 0) is 82.0 Å². The first-order valence-corrected chi connectivity index (χ1v) is 9.44. The van der Waals surface area contributed by atoms with Crippen molar-refractivity contribution in [3.8, 4) is 6.07 Å². The summed E-state index contributed by atoms with van der Waals surface area (Å²) in [6.45, 7) is -0.187. The largest absolute Gasteiger partial charge is 0.251 e. The van der Waals surface area contributed by atoms with Crippen molar-refractivity contribution in [2.75, 3.05) is 6.67 Å². The summed E-state index contributed by atoms with van der Waals surface area (Å²) in [4.78, 5) is 0. The first-order valence-electron chi connectivity index (χ1n) is 9.44. The zero-order chi connectivity index (χ0) is 15.6. The lowest BCUT2D eigenvalue weighted by molar-refractivity contribution is 0.242. The first kappa shape index (κ1) is 17.5. The van der Waals surface area contributed by atoms with Crippen LogP contribution in [0.1, 0.15) is 77.0 Å². The van der Waals surface area contributed by atoms with Crippen LogP contribution in [0.25, 0.3) is 0 Å². The van der Waals surface area contributed by atoms with Gasteiger partial charge in [-0.3, -0.25) is 4.39 Å². The fourth-order valence-electron chi connectivity index (χ4n) is 4.20. The predicted octanol–water partition coefficient (Wildman–Crippen LogP) is 6.21. The van der Waals surface area contributed by atoms with E-state index in [-0.39, 0.29) is 6.67 Å². The van der Waals surface area contributed by atoms with E-state index in [0.29, 0.717) is 12.3 Å². The maximum Gasteiger partial charge on any atom is 0.0897 e. The zero-order valence-electron chi connectivity index (χ0n) is 14.0. The molecule has 0 saturated heterocycles. The molecule has 2 saturated carbocycles. The van der Waals surface area contributed by atoms with Gasteiger partial charge < -0.3 is 0 Å². The average molecular weight is 305 g/mol. The molecule has 2 heteroatoms. The van der Waals surface area contributed by atoms with E-state index < -0.39 is 0 Å². The number of unbranched alkanes of at least 4 members (excludes halogenated alkanes) is 1. The highest BCUT2D eigenvalue weighted by Gasteiger charge is 2.23. The van der Waals surface area contributed by atoms with Crippen LogP contribution in [0.5, 0.6) is 0 Å². The van der Waals surface area contributed by atoms with Gasteiger partial charge >= 0.3 is 0 Å². The molecule has 22 heavy (non-hydrogen) atoms. The van der Waals surface area contributed by atoms with E-state index in [4.69, 9.17) is 5.26 Å². The lowest BCUT2D eigenvalue weighted by atomic mass is 9.76. The van der Waals surface area contributed by atoms with Crippen LogP contribution in [0, 0.1) is 35.0 Å². The molecule has 124 valence electrons.